The molecule has 3 aromatic rings. The van der Waals surface area contributed by atoms with Crippen LogP contribution in [-0.2, 0) is 6.54 Å². The van der Waals surface area contributed by atoms with E-state index in [9.17, 15) is 4.79 Å². The van der Waals surface area contributed by atoms with Crippen LogP contribution in [0.5, 0.6) is 0 Å². The van der Waals surface area contributed by atoms with E-state index in [1.54, 1.807) is 9.13 Å². The zero-order valence-corrected chi connectivity index (χ0v) is 15.4. The molecule has 1 aliphatic carbocycles. The number of imidazole rings is 1. The highest BCUT2D eigenvalue weighted by Gasteiger charge is 2.15. The second-order valence-corrected chi connectivity index (χ2v) is 7.43. The SMILES string of the molecule is Cc1cn(Cc2ccc(C3CCCCC3)cc2)c(=O)n1-c1ccccc1. The molecule has 0 radical (unpaired) electrons. The smallest absolute Gasteiger partial charge is 0.294 e. The normalized spacial score (nSPS) is 15.3. The summed E-state index contributed by atoms with van der Waals surface area (Å²) in [5.41, 5.74) is 4.53. The predicted molar refractivity (Wildman–Crippen MR) is 106 cm³/mol. The number of benzene rings is 2. The summed E-state index contributed by atoms with van der Waals surface area (Å²) in [7, 11) is 0. The molecule has 0 atom stereocenters. The Morgan fingerprint density at radius 1 is 0.923 bits per heavy atom. The third kappa shape index (κ3) is 3.39. The average molecular weight is 346 g/mol. The minimum Gasteiger partial charge on any atom is -0.294 e. The number of para-hydroxylation sites is 1. The van der Waals surface area contributed by atoms with Crippen molar-refractivity contribution in [2.45, 2.75) is 51.5 Å². The Hall–Kier alpha value is -2.55. The van der Waals surface area contributed by atoms with Gasteiger partial charge < -0.3 is 0 Å². The molecule has 0 N–H and O–H groups in total. The van der Waals surface area contributed by atoms with E-state index in [4.69, 9.17) is 0 Å². The van der Waals surface area contributed by atoms with Gasteiger partial charge in [0, 0.05) is 11.9 Å². The van der Waals surface area contributed by atoms with E-state index in [0.717, 1.165) is 17.3 Å². The van der Waals surface area contributed by atoms with Crippen molar-refractivity contribution in [1.29, 1.82) is 0 Å². The van der Waals surface area contributed by atoms with Gasteiger partial charge in [-0.15, -0.1) is 0 Å². The zero-order valence-electron chi connectivity index (χ0n) is 15.4. The second-order valence-electron chi connectivity index (χ2n) is 7.43. The quantitative estimate of drug-likeness (QED) is 0.650. The monoisotopic (exact) mass is 346 g/mol. The Labute approximate surface area is 154 Å². The van der Waals surface area contributed by atoms with Gasteiger partial charge in [0.25, 0.3) is 0 Å². The van der Waals surface area contributed by atoms with Crippen LogP contribution in [0.2, 0.25) is 0 Å². The highest BCUT2D eigenvalue weighted by atomic mass is 16.1. The summed E-state index contributed by atoms with van der Waals surface area (Å²) in [5, 5.41) is 0. The van der Waals surface area contributed by atoms with Crippen LogP contribution < -0.4 is 5.69 Å². The highest BCUT2D eigenvalue weighted by molar-refractivity contribution is 5.33. The molecule has 3 nitrogen and oxygen atoms in total. The maximum absolute atomic E-state index is 12.8. The van der Waals surface area contributed by atoms with E-state index >= 15 is 0 Å². The molecule has 1 aromatic heterocycles. The lowest BCUT2D eigenvalue weighted by atomic mass is 9.84. The van der Waals surface area contributed by atoms with Crippen LogP contribution in [0.25, 0.3) is 5.69 Å². The van der Waals surface area contributed by atoms with Crippen molar-refractivity contribution in [2.75, 3.05) is 0 Å². The van der Waals surface area contributed by atoms with Gasteiger partial charge in [0.05, 0.1) is 12.2 Å². The van der Waals surface area contributed by atoms with Crippen molar-refractivity contribution in [3.05, 3.63) is 88.1 Å². The van der Waals surface area contributed by atoms with Crippen LogP contribution in [0, 0.1) is 6.92 Å². The van der Waals surface area contributed by atoms with Gasteiger partial charge in [-0.2, -0.15) is 0 Å². The summed E-state index contributed by atoms with van der Waals surface area (Å²) in [6.07, 6.45) is 8.68. The topological polar surface area (TPSA) is 26.9 Å². The first-order valence-electron chi connectivity index (χ1n) is 9.65. The van der Waals surface area contributed by atoms with Crippen LogP contribution in [0.1, 0.15) is 54.8 Å². The molecule has 0 spiro atoms. The summed E-state index contributed by atoms with van der Waals surface area (Å²) in [4.78, 5) is 12.8. The Balaban J connectivity index is 1.55. The van der Waals surface area contributed by atoms with Crippen molar-refractivity contribution in [2.24, 2.45) is 0 Å². The van der Waals surface area contributed by atoms with Crippen LogP contribution in [0.15, 0.2) is 65.6 Å². The van der Waals surface area contributed by atoms with Gasteiger partial charge in [0.1, 0.15) is 0 Å². The molecule has 0 saturated heterocycles. The Morgan fingerprint density at radius 2 is 1.62 bits per heavy atom. The van der Waals surface area contributed by atoms with Crippen LogP contribution in [-0.4, -0.2) is 9.13 Å². The van der Waals surface area contributed by atoms with Crippen molar-refractivity contribution in [3.63, 3.8) is 0 Å². The van der Waals surface area contributed by atoms with E-state index in [1.807, 2.05) is 43.5 Å². The van der Waals surface area contributed by atoms with Crippen molar-refractivity contribution >= 4 is 0 Å². The minimum atomic E-state index is 0.0186. The maximum atomic E-state index is 12.8. The number of hydrogen-bond acceptors (Lipinski definition) is 1. The fourth-order valence-corrected chi connectivity index (χ4v) is 4.15. The van der Waals surface area contributed by atoms with Gasteiger partial charge in [-0.05, 0) is 48.9 Å². The number of aryl methyl sites for hydroxylation is 1. The first-order valence-corrected chi connectivity index (χ1v) is 9.65. The summed E-state index contributed by atoms with van der Waals surface area (Å²) < 4.78 is 3.58. The molecular weight excluding hydrogens is 320 g/mol. The lowest BCUT2D eigenvalue weighted by Gasteiger charge is -2.22. The fourth-order valence-electron chi connectivity index (χ4n) is 4.15. The Morgan fingerprint density at radius 3 is 2.31 bits per heavy atom. The fraction of sp³-hybridized carbons (Fsp3) is 0.348. The number of hydrogen-bond donors (Lipinski definition) is 0. The molecule has 3 heteroatoms. The highest BCUT2D eigenvalue weighted by Crippen LogP contribution is 2.32. The van der Waals surface area contributed by atoms with Crippen LogP contribution >= 0.6 is 0 Å². The number of nitrogens with zero attached hydrogens (tertiary/aromatic N) is 2. The van der Waals surface area contributed by atoms with Gasteiger partial charge in [0.2, 0.25) is 0 Å². The molecular formula is C23H26N2O. The minimum absolute atomic E-state index is 0.0186. The van der Waals surface area contributed by atoms with E-state index in [-0.39, 0.29) is 5.69 Å². The van der Waals surface area contributed by atoms with Crippen LogP contribution in [0.4, 0.5) is 0 Å². The van der Waals surface area contributed by atoms with E-state index < -0.39 is 0 Å². The Kier molecular flexibility index (Phi) is 4.79. The molecule has 134 valence electrons. The van der Waals surface area contributed by atoms with Crippen molar-refractivity contribution in [1.82, 2.24) is 9.13 Å². The molecule has 1 fully saturated rings. The molecule has 1 aliphatic rings. The van der Waals surface area contributed by atoms with Gasteiger partial charge in [-0.25, -0.2) is 4.79 Å². The van der Waals surface area contributed by atoms with Gasteiger partial charge in [-0.3, -0.25) is 9.13 Å². The second kappa shape index (κ2) is 7.36. The molecule has 4 rings (SSSR count). The van der Waals surface area contributed by atoms with Crippen molar-refractivity contribution < 1.29 is 0 Å². The molecule has 1 saturated carbocycles. The van der Waals surface area contributed by atoms with Gasteiger partial charge in [0.15, 0.2) is 0 Å². The van der Waals surface area contributed by atoms with Crippen LogP contribution in [0.3, 0.4) is 0 Å². The lowest BCUT2D eigenvalue weighted by molar-refractivity contribution is 0.443. The zero-order chi connectivity index (χ0) is 17.9. The molecule has 0 bridgehead atoms. The van der Waals surface area contributed by atoms with Crippen molar-refractivity contribution in [3.8, 4) is 5.69 Å². The van der Waals surface area contributed by atoms with Gasteiger partial charge in [-0.1, -0.05) is 61.7 Å². The molecule has 0 unspecified atom stereocenters. The number of rotatable bonds is 4. The molecule has 26 heavy (non-hydrogen) atoms. The summed E-state index contributed by atoms with van der Waals surface area (Å²) in [6, 6.07) is 18.7. The van der Waals surface area contributed by atoms with E-state index in [0.29, 0.717) is 6.54 Å². The third-order valence-electron chi connectivity index (χ3n) is 5.56. The Bertz CT molecular complexity index is 913. The molecule has 2 aromatic carbocycles. The van der Waals surface area contributed by atoms with E-state index in [2.05, 4.69) is 24.3 Å². The molecule has 1 heterocycles. The molecule has 0 amide bonds. The maximum Gasteiger partial charge on any atom is 0.333 e. The van der Waals surface area contributed by atoms with E-state index in [1.165, 1.54) is 43.2 Å². The van der Waals surface area contributed by atoms with Gasteiger partial charge >= 0.3 is 5.69 Å². The molecule has 0 aliphatic heterocycles. The largest absolute Gasteiger partial charge is 0.333 e. The average Bonchev–Trinajstić information content (AvgIpc) is 2.97. The summed E-state index contributed by atoms with van der Waals surface area (Å²) >= 11 is 0. The standard InChI is InChI=1S/C23H26N2O/c1-18-16-24(23(26)25(18)22-10-6-3-7-11-22)17-19-12-14-21(15-13-19)20-8-4-2-5-9-20/h3,6-7,10-16,20H,2,4-5,8-9,17H2,1H3. The lowest BCUT2D eigenvalue weighted by Crippen LogP contribution is -2.23. The first-order chi connectivity index (χ1) is 12.7. The summed E-state index contributed by atoms with van der Waals surface area (Å²) in [5.74, 6) is 0.724. The number of aromatic nitrogens is 2. The first kappa shape index (κ1) is 16.9. The summed E-state index contributed by atoms with van der Waals surface area (Å²) in [6.45, 7) is 2.60. The third-order valence-corrected chi connectivity index (χ3v) is 5.56. The predicted octanol–water partition coefficient (Wildman–Crippen LogP) is 5.04.